The maximum atomic E-state index is 12.3. The molecule has 0 saturated heterocycles. The molecule has 0 spiro atoms. The van der Waals surface area contributed by atoms with Crippen molar-refractivity contribution < 1.29 is 19.1 Å². The van der Waals surface area contributed by atoms with E-state index >= 15 is 0 Å². The second kappa shape index (κ2) is 12.0. The van der Waals surface area contributed by atoms with Crippen molar-refractivity contribution in [1.29, 1.82) is 0 Å². The average Bonchev–Trinajstić information content (AvgIpc) is 2.77. The molecule has 2 aromatic rings. The van der Waals surface area contributed by atoms with Crippen LogP contribution in [-0.2, 0) is 14.4 Å². The van der Waals surface area contributed by atoms with Crippen molar-refractivity contribution >= 4 is 35.0 Å². The van der Waals surface area contributed by atoms with Crippen molar-refractivity contribution in [2.75, 3.05) is 5.32 Å². The SMILES string of the molecule is CCC(C)c1ccccc1OC(C)C(=O)NNC(=O)CCC(=O)Nc1ccccc1Cl. The first kappa shape index (κ1) is 24.2. The van der Waals surface area contributed by atoms with Gasteiger partial charge in [-0.15, -0.1) is 0 Å². The van der Waals surface area contributed by atoms with Crippen LogP contribution in [0.3, 0.4) is 0 Å². The minimum Gasteiger partial charge on any atom is -0.481 e. The molecule has 2 rings (SSSR count). The van der Waals surface area contributed by atoms with Gasteiger partial charge in [-0.2, -0.15) is 0 Å². The Kier molecular flexibility index (Phi) is 9.34. The van der Waals surface area contributed by atoms with Gasteiger partial charge in [0.05, 0.1) is 10.7 Å². The minimum absolute atomic E-state index is 0.0543. The number of para-hydroxylation sites is 2. The maximum Gasteiger partial charge on any atom is 0.279 e. The van der Waals surface area contributed by atoms with Crippen LogP contribution in [0.1, 0.15) is 51.5 Å². The van der Waals surface area contributed by atoms with Crippen LogP contribution in [-0.4, -0.2) is 23.8 Å². The van der Waals surface area contributed by atoms with Crippen LogP contribution < -0.4 is 20.9 Å². The molecule has 2 atom stereocenters. The Morgan fingerprint density at radius 2 is 1.58 bits per heavy atom. The summed E-state index contributed by atoms with van der Waals surface area (Å²) < 4.78 is 5.80. The molecule has 0 heterocycles. The second-order valence-electron chi connectivity index (χ2n) is 7.17. The van der Waals surface area contributed by atoms with E-state index in [9.17, 15) is 14.4 Å². The summed E-state index contributed by atoms with van der Waals surface area (Å²) in [6, 6.07) is 14.4. The highest BCUT2D eigenvalue weighted by Crippen LogP contribution is 2.29. The highest BCUT2D eigenvalue weighted by atomic mass is 35.5. The smallest absolute Gasteiger partial charge is 0.279 e. The molecule has 0 bridgehead atoms. The lowest BCUT2D eigenvalue weighted by Crippen LogP contribution is -2.47. The lowest BCUT2D eigenvalue weighted by Gasteiger charge is -2.19. The molecule has 3 amide bonds. The van der Waals surface area contributed by atoms with Gasteiger partial charge in [-0.05, 0) is 43.0 Å². The average molecular weight is 446 g/mol. The highest BCUT2D eigenvalue weighted by Gasteiger charge is 2.18. The van der Waals surface area contributed by atoms with Gasteiger partial charge >= 0.3 is 0 Å². The number of carbonyl (C=O) groups is 3. The zero-order valence-electron chi connectivity index (χ0n) is 17.9. The van der Waals surface area contributed by atoms with Crippen molar-refractivity contribution in [1.82, 2.24) is 10.9 Å². The molecular formula is C23H28ClN3O4. The van der Waals surface area contributed by atoms with Crippen LogP contribution in [0, 0.1) is 0 Å². The third kappa shape index (κ3) is 7.61. The first-order chi connectivity index (χ1) is 14.8. The predicted octanol–water partition coefficient (Wildman–Crippen LogP) is 4.19. The van der Waals surface area contributed by atoms with E-state index in [1.54, 1.807) is 31.2 Å². The molecule has 31 heavy (non-hydrogen) atoms. The Hall–Kier alpha value is -3.06. The fourth-order valence-electron chi connectivity index (χ4n) is 2.76. The van der Waals surface area contributed by atoms with E-state index < -0.39 is 17.9 Å². The van der Waals surface area contributed by atoms with Gasteiger partial charge in [-0.25, -0.2) is 0 Å². The largest absolute Gasteiger partial charge is 0.481 e. The van der Waals surface area contributed by atoms with E-state index in [4.69, 9.17) is 16.3 Å². The second-order valence-corrected chi connectivity index (χ2v) is 7.58. The summed E-state index contributed by atoms with van der Waals surface area (Å²) in [6.45, 7) is 5.78. The van der Waals surface area contributed by atoms with E-state index in [1.165, 1.54) is 0 Å². The van der Waals surface area contributed by atoms with E-state index in [0.717, 1.165) is 12.0 Å². The van der Waals surface area contributed by atoms with E-state index in [1.807, 2.05) is 24.3 Å². The third-order valence-electron chi connectivity index (χ3n) is 4.79. The Labute approximate surface area is 187 Å². The zero-order chi connectivity index (χ0) is 22.8. The van der Waals surface area contributed by atoms with Gasteiger partial charge in [0.1, 0.15) is 5.75 Å². The zero-order valence-corrected chi connectivity index (χ0v) is 18.7. The Balaban J connectivity index is 1.77. The molecule has 166 valence electrons. The van der Waals surface area contributed by atoms with Gasteiger partial charge in [-0.3, -0.25) is 25.2 Å². The summed E-state index contributed by atoms with van der Waals surface area (Å²) in [7, 11) is 0. The molecular weight excluding hydrogens is 418 g/mol. The maximum absolute atomic E-state index is 12.3. The summed E-state index contributed by atoms with van der Waals surface area (Å²) in [6.07, 6.45) is -0.0145. The first-order valence-electron chi connectivity index (χ1n) is 10.2. The number of ether oxygens (including phenoxy) is 1. The molecule has 0 saturated carbocycles. The highest BCUT2D eigenvalue weighted by molar-refractivity contribution is 6.33. The minimum atomic E-state index is -0.811. The van der Waals surface area contributed by atoms with Crippen LogP contribution >= 0.6 is 11.6 Å². The van der Waals surface area contributed by atoms with E-state index in [-0.39, 0.29) is 18.7 Å². The van der Waals surface area contributed by atoms with Crippen molar-refractivity contribution in [3.05, 3.63) is 59.1 Å². The number of halogens is 1. The fourth-order valence-corrected chi connectivity index (χ4v) is 2.94. The van der Waals surface area contributed by atoms with Gasteiger partial charge in [-0.1, -0.05) is 55.8 Å². The number of anilines is 1. The number of hydrogen-bond acceptors (Lipinski definition) is 4. The standard InChI is InChI=1S/C23H28ClN3O4/c1-4-15(2)17-9-5-8-12-20(17)31-16(3)23(30)27-26-22(29)14-13-21(28)25-19-11-7-6-10-18(19)24/h5-12,15-16H,4,13-14H2,1-3H3,(H,25,28)(H,26,29)(H,27,30). The molecule has 7 nitrogen and oxygen atoms in total. The molecule has 0 aliphatic carbocycles. The van der Waals surface area contributed by atoms with Crippen LogP contribution in [0.4, 0.5) is 5.69 Å². The van der Waals surface area contributed by atoms with E-state index in [2.05, 4.69) is 30.0 Å². The number of hydrazine groups is 1. The number of hydrogen-bond donors (Lipinski definition) is 3. The lowest BCUT2D eigenvalue weighted by molar-refractivity contribution is -0.133. The molecule has 3 N–H and O–H groups in total. The molecule has 2 unspecified atom stereocenters. The summed E-state index contributed by atoms with van der Waals surface area (Å²) in [5.41, 5.74) is 6.14. The Bertz CT molecular complexity index is 919. The Morgan fingerprint density at radius 1 is 0.935 bits per heavy atom. The fraction of sp³-hybridized carbons (Fsp3) is 0.348. The normalized spacial score (nSPS) is 12.4. The molecule has 0 radical (unpaired) electrons. The first-order valence-corrected chi connectivity index (χ1v) is 10.6. The number of rotatable bonds is 9. The van der Waals surface area contributed by atoms with Crippen molar-refractivity contribution in [2.45, 2.75) is 52.1 Å². The molecule has 8 heteroatoms. The van der Waals surface area contributed by atoms with Crippen molar-refractivity contribution in [2.24, 2.45) is 0 Å². The molecule has 2 aromatic carbocycles. The number of amides is 3. The molecule has 0 aliphatic heterocycles. The molecule has 0 fully saturated rings. The van der Waals surface area contributed by atoms with Crippen LogP contribution in [0.25, 0.3) is 0 Å². The molecule has 0 aromatic heterocycles. The predicted molar refractivity (Wildman–Crippen MR) is 121 cm³/mol. The number of carbonyl (C=O) groups excluding carboxylic acids is 3. The van der Waals surface area contributed by atoms with Gasteiger partial charge in [0, 0.05) is 12.8 Å². The quantitative estimate of drug-likeness (QED) is 0.504. The van der Waals surface area contributed by atoms with Crippen LogP contribution in [0.2, 0.25) is 5.02 Å². The topological polar surface area (TPSA) is 96.5 Å². The summed E-state index contributed by atoms with van der Waals surface area (Å²) in [5, 5.41) is 3.05. The Morgan fingerprint density at radius 3 is 2.29 bits per heavy atom. The summed E-state index contributed by atoms with van der Waals surface area (Å²) in [4.78, 5) is 36.2. The third-order valence-corrected chi connectivity index (χ3v) is 5.12. The van der Waals surface area contributed by atoms with Gasteiger partial charge in [0.15, 0.2) is 6.10 Å². The molecule has 0 aliphatic rings. The number of nitrogens with one attached hydrogen (secondary N) is 3. The van der Waals surface area contributed by atoms with Crippen molar-refractivity contribution in [3.63, 3.8) is 0 Å². The van der Waals surface area contributed by atoms with Crippen LogP contribution in [0.5, 0.6) is 5.75 Å². The van der Waals surface area contributed by atoms with Gasteiger partial charge < -0.3 is 10.1 Å². The number of benzene rings is 2. The van der Waals surface area contributed by atoms with Gasteiger partial charge in [0.25, 0.3) is 5.91 Å². The van der Waals surface area contributed by atoms with Crippen LogP contribution in [0.15, 0.2) is 48.5 Å². The summed E-state index contributed by atoms with van der Waals surface area (Å²) in [5.74, 6) is -0.402. The van der Waals surface area contributed by atoms with E-state index in [0.29, 0.717) is 22.4 Å². The van der Waals surface area contributed by atoms with Crippen molar-refractivity contribution in [3.8, 4) is 5.75 Å². The summed E-state index contributed by atoms with van der Waals surface area (Å²) >= 11 is 5.99. The monoisotopic (exact) mass is 445 g/mol. The van der Waals surface area contributed by atoms with Gasteiger partial charge in [0.2, 0.25) is 11.8 Å². The lowest BCUT2D eigenvalue weighted by atomic mass is 9.98.